The van der Waals surface area contributed by atoms with Crippen molar-refractivity contribution in [3.8, 4) is 0 Å². The molecule has 9 heteroatoms. The second kappa shape index (κ2) is 9.99. The van der Waals surface area contributed by atoms with Crippen LogP contribution in [0, 0.1) is 5.92 Å². The molecular weight excluding hydrogens is 437 g/mol. The number of hydrogen-bond acceptors (Lipinski definition) is 4. The molecule has 1 saturated carbocycles. The Balaban J connectivity index is 1.92. The first-order valence-electron chi connectivity index (χ1n) is 11.1. The van der Waals surface area contributed by atoms with Crippen LogP contribution in [-0.2, 0) is 22.1 Å². The number of amides is 1. The van der Waals surface area contributed by atoms with Gasteiger partial charge in [-0.3, -0.25) is 9.59 Å². The third kappa shape index (κ3) is 5.40. The minimum atomic E-state index is -4.66. The molecule has 0 bridgehead atoms. The van der Waals surface area contributed by atoms with Crippen molar-refractivity contribution >= 4 is 17.6 Å². The Morgan fingerprint density at radius 3 is 2.58 bits per heavy atom. The number of esters is 1. The van der Waals surface area contributed by atoms with Crippen LogP contribution in [0.15, 0.2) is 30.3 Å². The molecule has 0 radical (unpaired) electrons. The summed E-state index contributed by atoms with van der Waals surface area (Å²) in [6.07, 6.45) is -3.13. The highest BCUT2D eigenvalue weighted by Gasteiger charge is 2.46. The van der Waals surface area contributed by atoms with Gasteiger partial charge in [0.1, 0.15) is 5.69 Å². The van der Waals surface area contributed by atoms with E-state index in [2.05, 4.69) is 5.32 Å². The molecule has 1 amide bonds. The Kier molecular flexibility index (Phi) is 7.51. The lowest BCUT2D eigenvalue weighted by Gasteiger charge is -2.20. The molecular formula is C24H29F3N2O4. The predicted molar refractivity (Wildman–Crippen MR) is 117 cm³/mol. The normalized spacial score (nSPS) is 18.6. The lowest BCUT2D eigenvalue weighted by molar-refractivity contribution is -0.144. The topological polar surface area (TPSA) is 80.6 Å². The molecule has 1 aliphatic rings. The zero-order chi connectivity index (χ0) is 24.3. The van der Waals surface area contributed by atoms with Gasteiger partial charge in [0.2, 0.25) is 0 Å². The van der Waals surface area contributed by atoms with E-state index < -0.39 is 17.6 Å². The van der Waals surface area contributed by atoms with Gasteiger partial charge in [-0.05, 0) is 62.4 Å². The maximum Gasteiger partial charge on any atom is 0.418 e. The number of halogens is 3. The molecule has 0 unspecified atom stereocenters. The largest absolute Gasteiger partial charge is 0.466 e. The number of aliphatic hydroxyl groups excluding tert-OH is 1. The van der Waals surface area contributed by atoms with Crippen molar-refractivity contribution in [3.63, 3.8) is 0 Å². The van der Waals surface area contributed by atoms with Gasteiger partial charge in [0.15, 0.2) is 0 Å². The third-order valence-electron chi connectivity index (χ3n) is 6.04. The summed E-state index contributed by atoms with van der Waals surface area (Å²) in [6.45, 7) is 5.68. The Morgan fingerprint density at radius 2 is 1.97 bits per heavy atom. The number of benzene rings is 1. The molecule has 1 aliphatic carbocycles. The standard InChI is InChI=1S/C24H29F3N2O4/c1-4-14(3)29-16(10-11-30)7-9-21(29)22(31)28-20-12-15(6-8-19(20)24(25,26)27)17-13-18(17)23(32)33-5-2/h6-9,12,14,17-18,30H,4-5,10-11,13H2,1-3H3,(H,28,31)/t14-,17+,18+/m0/s1. The van der Waals surface area contributed by atoms with Gasteiger partial charge in [-0.2, -0.15) is 13.2 Å². The van der Waals surface area contributed by atoms with Crippen molar-refractivity contribution in [2.24, 2.45) is 5.92 Å². The monoisotopic (exact) mass is 466 g/mol. The summed E-state index contributed by atoms with van der Waals surface area (Å²) in [4.78, 5) is 25.0. The highest BCUT2D eigenvalue weighted by Crippen LogP contribution is 2.49. The van der Waals surface area contributed by atoms with E-state index in [1.54, 1.807) is 23.6 Å². The summed E-state index contributed by atoms with van der Waals surface area (Å²) in [5.41, 5.74) is 0.208. The van der Waals surface area contributed by atoms with E-state index in [4.69, 9.17) is 4.74 Å². The Bertz CT molecular complexity index is 1020. The van der Waals surface area contributed by atoms with Gasteiger partial charge in [-0.25, -0.2) is 0 Å². The van der Waals surface area contributed by atoms with Crippen molar-refractivity contribution in [2.45, 2.75) is 58.2 Å². The van der Waals surface area contributed by atoms with Crippen LogP contribution in [0.3, 0.4) is 0 Å². The number of rotatable bonds is 9. The zero-order valence-electron chi connectivity index (χ0n) is 18.9. The Morgan fingerprint density at radius 1 is 1.24 bits per heavy atom. The number of anilines is 1. The molecule has 3 rings (SSSR count). The number of nitrogens with zero attached hydrogens (tertiary/aromatic N) is 1. The number of nitrogens with one attached hydrogen (secondary N) is 1. The minimum absolute atomic E-state index is 0.0764. The lowest BCUT2D eigenvalue weighted by Crippen LogP contribution is -2.22. The summed E-state index contributed by atoms with van der Waals surface area (Å²) >= 11 is 0. The number of carbonyl (C=O) groups excluding carboxylic acids is 2. The number of alkyl halides is 3. The van der Waals surface area contributed by atoms with Crippen LogP contribution in [0.25, 0.3) is 0 Å². The van der Waals surface area contributed by atoms with Crippen LogP contribution in [0.5, 0.6) is 0 Å². The summed E-state index contributed by atoms with van der Waals surface area (Å²) in [7, 11) is 0. The molecule has 2 aromatic rings. The fraction of sp³-hybridized carbons (Fsp3) is 0.500. The number of hydrogen-bond donors (Lipinski definition) is 2. The minimum Gasteiger partial charge on any atom is -0.466 e. The lowest BCUT2D eigenvalue weighted by atomic mass is 10.0. The maximum absolute atomic E-state index is 13.7. The fourth-order valence-corrected chi connectivity index (χ4v) is 4.10. The molecule has 180 valence electrons. The number of aliphatic hydroxyl groups is 1. The van der Waals surface area contributed by atoms with Crippen molar-refractivity contribution < 1.29 is 32.6 Å². The molecule has 3 atom stereocenters. The van der Waals surface area contributed by atoms with E-state index in [9.17, 15) is 27.9 Å². The zero-order valence-corrected chi connectivity index (χ0v) is 18.9. The average Bonchev–Trinajstić information content (AvgIpc) is 3.46. The Labute approximate surface area is 190 Å². The highest BCUT2D eigenvalue weighted by molar-refractivity contribution is 6.04. The van der Waals surface area contributed by atoms with E-state index in [0.717, 1.165) is 11.8 Å². The second-order valence-electron chi connectivity index (χ2n) is 8.27. The Hall–Kier alpha value is -2.81. The molecule has 1 heterocycles. The molecule has 2 N–H and O–H groups in total. The summed E-state index contributed by atoms with van der Waals surface area (Å²) in [6, 6.07) is 6.77. The molecule has 1 fully saturated rings. The molecule has 33 heavy (non-hydrogen) atoms. The molecule has 0 spiro atoms. The first kappa shape index (κ1) is 24.8. The molecule has 1 aromatic carbocycles. The third-order valence-corrected chi connectivity index (χ3v) is 6.04. The van der Waals surface area contributed by atoms with Crippen LogP contribution in [0.1, 0.15) is 72.9 Å². The van der Waals surface area contributed by atoms with Gasteiger partial charge in [0, 0.05) is 24.8 Å². The molecule has 1 aromatic heterocycles. The first-order valence-corrected chi connectivity index (χ1v) is 11.1. The van der Waals surface area contributed by atoms with Crippen molar-refractivity contribution in [1.82, 2.24) is 4.57 Å². The van der Waals surface area contributed by atoms with Crippen LogP contribution >= 0.6 is 0 Å². The van der Waals surface area contributed by atoms with Crippen molar-refractivity contribution in [3.05, 3.63) is 52.8 Å². The summed E-state index contributed by atoms with van der Waals surface area (Å²) in [5.74, 6) is -1.65. The maximum atomic E-state index is 13.7. The number of ether oxygens (including phenoxy) is 1. The van der Waals surface area contributed by atoms with Gasteiger partial charge < -0.3 is 19.7 Å². The molecule has 0 aliphatic heterocycles. The summed E-state index contributed by atoms with van der Waals surface area (Å²) < 4.78 is 47.7. The average molecular weight is 467 g/mol. The van der Waals surface area contributed by atoms with E-state index in [0.29, 0.717) is 24.8 Å². The molecule has 0 saturated heterocycles. The quantitative estimate of drug-likeness (QED) is 0.514. The first-order chi connectivity index (χ1) is 15.6. The second-order valence-corrected chi connectivity index (χ2v) is 8.27. The van der Waals surface area contributed by atoms with Crippen molar-refractivity contribution in [2.75, 3.05) is 18.5 Å². The fourth-order valence-electron chi connectivity index (χ4n) is 4.10. The van der Waals surface area contributed by atoms with Crippen molar-refractivity contribution in [1.29, 1.82) is 0 Å². The van der Waals surface area contributed by atoms with Gasteiger partial charge in [0.05, 0.1) is 23.8 Å². The number of aromatic nitrogens is 1. The molecule has 6 nitrogen and oxygen atoms in total. The van der Waals surface area contributed by atoms with Gasteiger partial charge >= 0.3 is 12.1 Å². The van der Waals surface area contributed by atoms with E-state index in [1.807, 2.05) is 13.8 Å². The van der Waals surface area contributed by atoms with Gasteiger partial charge in [-0.15, -0.1) is 0 Å². The van der Waals surface area contributed by atoms with E-state index in [-0.39, 0.29) is 48.4 Å². The van der Waals surface area contributed by atoms with Gasteiger partial charge in [-0.1, -0.05) is 13.0 Å². The van der Waals surface area contributed by atoms with Crippen LogP contribution in [0.2, 0.25) is 0 Å². The van der Waals surface area contributed by atoms with E-state index >= 15 is 0 Å². The SMILES string of the molecule is CCOC(=O)[C@@H]1C[C@@H]1c1ccc(C(F)(F)F)c(NC(=O)c2ccc(CCO)n2[C@@H](C)CC)c1. The smallest absolute Gasteiger partial charge is 0.418 e. The summed E-state index contributed by atoms with van der Waals surface area (Å²) in [5, 5.41) is 11.8. The highest BCUT2D eigenvalue weighted by atomic mass is 19.4. The number of carbonyl (C=O) groups is 2. The van der Waals surface area contributed by atoms with E-state index in [1.165, 1.54) is 12.1 Å². The van der Waals surface area contributed by atoms with Gasteiger partial charge in [0.25, 0.3) is 5.91 Å². The van der Waals surface area contributed by atoms with Crippen LogP contribution in [0.4, 0.5) is 18.9 Å². The van der Waals surface area contributed by atoms with Crippen LogP contribution < -0.4 is 5.32 Å². The predicted octanol–water partition coefficient (Wildman–Crippen LogP) is 4.93. The van der Waals surface area contributed by atoms with Crippen LogP contribution in [-0.4, -0.2) is 34.8 Å².